The van der Waals surface area contributed by atoms with Crippen molar-refractivity contribution in [3.8, 4) is 0 Å². The molecule has 0 amide bonds. The molecule has 1 fully saturated rings. The zero-order valence-electron chi connectivity index (χ0n) is 7.88. The summed E-state index contributed by atoms with van der Waals surface area (Å²) in [5.74, 6) is 0.114. The Bertz CT molecular complexity index is 159. The summed E-state index contributed by atoms with van der Waals surface area (Å²) < 4.78 is 5.42. The molecule has 1 atom stereocenters. The first-order valence-corrected chi connectivity index (χ1v) is 4.48. The van der Waals surface area contributed by atoms with E-state index in [1.54, 1.807) is 6.92 Å². The second-order valence-electron chi connectivity index (χ2n) is 3.54. The molecule has 1 rings (SSSR count). The van der Waals surface area contributed by atoms with Crippen LogP contribution in [0.5, 0.6) is 0 Å². The first-order chi connectivity index (χ1) is 5.68. The van der Waals surface area contributed by atoms with Crippen LogP contribution in [-0.4, -0.2) is 43.5 Å². The normalized spacial score (nSPS) is 25.7. The number of Topliss-reactive ketones (excluding diaryl/α,β-unsaturated/α-hetero) is 1. The van der Waals surface area contributed by atoms with E-state index < -0.39 is 0 Å². The Morgan fingerprint density at radius 3 is 3.00 bits per heavy atom. The molecule has 1 heterocycles. The van der Waals surface area contributed by atoms with E-state index in [9.17, 15) is 4.79 Å². The number of carbonyl (C=O) groups excluding carboxylic acids is 1. The highest BCUT2D eigenvalue weighted by molar-refractivity contribution is 5.76. The van der Waals surface area contributed by atoms with Crippen molar-refractivity contribution in [2.75, 3.05) is 26.7 Å². The number of nitrogens with zero attached hydrogens (tertiary/aromatic N) is 1. The molecular formula is C9H17NO2. The lowest BCUT2D eigenvalue weighted by atomic mass is 10.1. The van der Waals surface area contributed by atoms with E-state index in [-0.39, 0.29) is 18.5 Å². The summed E-state index contributed by atoms with van der Waals surface area (Å²) in [6.45, 7) is 3.96. The van der Waals surface area contributed by atoms with Crippen LogP contribution in [0.15, 0.2) is 0 Å². The predicted molar refractivity (Wildman–Crippen MR) is 47.2 cm³/mol. The molecule has 3 nitrogen and oxygen atoms in total. The Morgan fingerprint density at radius 1 is 1.67 bits per heavy atom. The molecule has 0 spiro atoms. The summed E-state index contributed by atoms with van der Waals surface area (Å²) in [6.07, 6.45) is 2.55. The van der Waals surface area contributed by atoms with Gasteiger partial charge >= 0.3 is 0 Å². The largest absolute Gasteiger partial charge is 0.369 e. The van der Waals surface area contributed by atoms with Crippen LogP contribution in [0.1, 0.15) is 19.8 Å². The summed E-state index contributed by atoms with van der Waals surface area (Å²) in [6, 6.07) is 0. The monoisotopic (exact) mass is 171 g/mol. The lowest BCUT2D eigenvalue weighted by Gasteiger charge is -2.29. The minimum Gasteiger partial charge on any atom is -0.369 e. The number of likely N-dealkylation sites (N-methyl/N-ethyl adjacent to an activating group) is 1. The fourth-order valence-electron chi connectivity index (χ4n) is 1.49. The number of ether oxygens (including phenoxy) is 1. The van der Waals surface area contributed by atoms with E-state index in [1.165, 1.54) is 6.42 Å². The van der Waals surface area contributed by atoms with Gasteiger partial charge in [-0.05, 0) is 33.4 Å². The first kappa shape index (κ1) is 9.68. The fourth-order valence-corrected chi connectivity index (χ4v) is 1.49. The van der Waals surface area contributed by atoms with Gasteiger partial charge in [-0.2, -0.15) is 0 Å². The van der Waals surface area contributed by atoms with Crippen LogP contribution in [0.4, 0.5) is 0 Å². The average Bonchev–Trinajstić information content (AvgIpc) is 2.01. The van der Waals surface area contributed by atoms with Crippen LogP contribution in [0.2, 0.25) is 0 Å². The molecule has 0 radical (unpaired) electrons. The molecule has 1 aliphatic heterocycles. The number of rotatable bonds is 3. The SMILES string of the molecule is CC(=O)COC1CCCN(C)C1. The lowest BCUT2D eigenvalue weighted by Crippen LogP contribution is -2.37. The van der Waals surface area contributed by atoms with Crippen LogP contribution >= 0.6 is 0 Å². The van der Waals surface area contributed by atoms with Gasteiger partial charge in [0.05, 0.1) is 6.10 Å². The summed E-state index contributed by atoms with van der Waals surface area (Å²) in [5, 5.41) is 0. The minimum absolute atomic E-state index is 0.114. The third-order valence-electron chi connectivity index (χ3n) is 2.10. The van der Waals surface area contributed by atoms with E-state index in [2.05, 4.69) is 11.9 Å². The maximum atomic E-state index is 10.6. The third kappa shape index (κ3) is 3.32. The topological polar surface area (TPSA) is 29.5 Å². The standard InChI is InChI=1S/C9H17NO2/c1-8(11)7-12-9-4-3-5-10(2)6-9/h9H,3-7H2,1-2H3. The molecule has 0 aromatic carbocycles. The molecule has 12 heavy (non-hydrogen) atoms. The number of carbonyl (C=O) groups is 1. The molecule has 3 heteroatoms. The Kier molecular flexibility index (Phi) is 3.69. The molecule has 70 valence electrons. The number of hydrogen-bond acceptors (Lipinski definition) is 3. The molecule has 0 aromatic rings. The van der Waals surface area contributed by atoms with E-state index in [4.69, 9.17) is 4.74 Å². The second-order valence-corrected chi connectivity index (χ2v) is 3.54. The van der Waals surface area contributed by atoms with E-state index >= 15 is 0 Å². The molecule has 0 saturated carbocycles. The predicted octanol–water partition coefficient (Wildman–Crippen LogP) is 0.686. The van der Waals surface area contributed by atoms with Crippen LogP contribution in [0.3, 0.4) is 0 Å². The number of hydrogen-bond donors (Lipinski definition) is 0. The van der Waals surface area contributed by atoms with Crippen LogP contribution in [0.25, 0.3) is 0 Å². The van der Waals surface area contributed by atoms with Crippen molar-refractivity contribution in [1.82, 2.24) is 4.90 Å². The zero-order chi connectivity index (χ0) is 8.97. The van der Waals surface area contributed by atoms with Gasteiger partial charge in [-0.25, -0.2) is 0 Å². The van der Waals surface area contributed by atoms with Gasteiger partial charge in [-0.15, -0.1) is 0 Å². The minimum atomic E-state index is 0.114. The average molecular weight is 171 g/mol. The molecule has 1 unspecified atom stereocenters. The molecule has 0 N–H and O–H groups in total. The highest BCUT2D eigenvalue weighted by Gasteiger charge is 2.17. The Labute approximate surface area is 73.7 Å². The van der Waals surface area contributed by atoms with Gasteiger partial charge in [0.15, 0.2) is 5.78 Å². The summed E-state index contributed by atoms with van der Waals surface area (Å²) in [4.78, 5) is 12.9. The molecular weight excluding hydrogens is 154 g/mol. The van der Waals surface area contributed by atoms with Crippen molar-refractivity contribution in [1.29, 1.82) is 0 Å². The van der Waals surface area contributed by atoms with Crippen molar-refractivity contribution < 1.29 is 9.53 Å². The quantitative estimate of drug-likeness (QED) is 0.625. The van der Waals surface area contributed by atoms with E-state index in [0.717, 1.165) is 19.5 Å². The number of ketones is 1. The molecule has 0 bridgehead atoms. The Morgan fingerprint density at radius 2 is 2.42 bits per heavy atom. The fraction of sp³-hybridized carbons (Fsp3) is 0.889. The summed E-state index contributed by atoms with van der Waals surface area (Å²) in [7, 11) is 2.09. The maximum absolute atomic E-state index is 10.6. The van der Waals surface area contributed by atoms with Crippen LogP contribution in [0, 0.1) is 0 Å². The van der Waals surface area contributed by atoms with Crippen molar-refractivity contribution >= 4 is 5.78 Å². The molecule has 0 aromatic heterocycles. The highest BCUT2D eigenvalue weighted by atomic mass is 16.5. The smallest absolute Gasteiger partial charge is 0.155 e. The van der Waals surface area contributed by atoms with Gasteiger partial charge in [0, 0.05) is 6.54 Å². The first-order valence-electron chi connectivity index (χ1n) is 4.48. The van der Waals surface area contributed by atoms with Crippen LogP contribution < -0.4 is 0 Å². The third-order valence-corrected chi connectivity index (χ3v) is 2.10. The lowest BCUT2D eigenvalue weighted by molar-refractivity contribution is -0.124. The number of piperidine rings is 1. The number of likely N-dealkylation sites (tertiary alicyclic amines) is 1. The summed E-state index contributed by atoms with van der Waals surface area (Å²) >= 11 is 0. The maximum Gasteiger partial charge on any atom is 0.155 e. The van der Waals surface area contributed by atoms with Gasteiger partial charge in [0.25, 0.3) is 0 Å². The zero-order valence-corrected chi connectivity index (χ0v) is 7.88. The van der Waals surface area contributed by atoms with Gasteiger partial charge in [0.2, 0.25) is 0 Å². The van der Waals surface area contributed by atoms with Gasteiger partial charge in [-0.1, -0.05) is 0 Å². The second kappa shape index (κ2) is 4.58. The van der Waals surface area contributed by atoms with Crippen molar-refractivity contribution in [2.24, 2.45) is 0 Å². The summed E-state index contributed by atoms with van der Waals surface area (Å²) in [5.41, 5.74) is 0. The van der Waals surface area contributed by atoms with Crippen molar-refractivity contribution in [3.05, 3.63) is 0 Å². The molecule has 1 saturated heterocycles. The van der Waals surface area contributed by atoms with Gasteiger partial charge < -0.3 is 9.64 Å². The Balaban J connectivity index is 2.18. The Hall–Kier alpha value is -0.410. The van der Waals surface area contributed by atoms with Gasteiger partial charge in [-0.3, -0.25) is 4.79 Å². The highest BCUT2D eigenvalue weighted by Crippen LogP contribution is 2.10. The van der Waals surface area contributed by atoms with Crippen molar-refractivity contribution in [2.45, 2.75) is 25.9 Å². The molecule has 0 aliphatic carbocycles. The van der Waals surface area contributed by atoms with Gasteiger partial charge in [0.1, 0.15) is 6.61 Å². The van der Waals surface area contributed by atoms with Crippen LogP contribution in [-0.2, 0) is 9.53 Å². The van der Waals surface area contributed by atoms with E-state index in [0.29, 0.717) is 0 Å². The van der Waals surface area contributed by atoms with Crippen molar-refractivity contribution in [3.63, 3.8) is 0 Å². The van der Waals surface area contributed by atoms with E-state index in [1.807, 2.05) is 0 Å². The molecule has 1 aliphatic rings.